The van der Waals surface area contributed by atoms with Crippen LogP contribution in [0.3, 0.4) is 0 Å². The van der Waals surface area contributed by atoms with Gasteiger partial charge >= 0.3 is 37.0 Å². The lowest BCUT2D eigenvalue weighted by molar-refractivity contribution is -0.150. The second kappa shape index (κ2) is 18.9. The fourth-order valence-corrected chi connectivity index (χ4v) is 12.8. The number of phosphoric ester groups is 2. The van der Waals surface area contributed by atoms with Crippen molar-refractivity contribution in [3.8, 4) is 0 Å². The van der Waals surface area contributed by atoms with E-state index in [1.165, 1.54) is 17.2 Å². The molecule has 0 radical (unpaired) electrons. The second-order valence-electron chi connectivity index (χ2n) is 15.1. The number of aromatic amines is 1. The average molecular weight is 1020 g/mol. The highest BCUT2D eigenvalue weighted by atomic mass is 31.3. The second-order valence-corrected chi connectivity index (χ2v) is 21.3. The first kappa shape index (κ1) is 47.8. The molecule has 3 aromatic heterocycles. The van der Waals surface area contributed by atoms with Crippen molar-refractivity contribution in [1.82, 2.24) is 29.1 Å². The number of nitrogen functional groups attached to an aromatic ring is 1. The quantitative estimate of drug-likeness (QED) is 0.0683. The van der Waals surface area contributed by atoms with Crippen molar-refractivity contribution in [2.75, 3.05) is 18.9 Å². The third kappa shape index (κ3) is 11.0. The first-order valence-electron chi connectivity index (χ1n) is 19.8. The Morgan fingerprint density at radius 1 is 0.612 bits per heavy atom. The molecule has 4 fully saturated rings. The van der Waals surface area contributed by atoms with Crippen molar-refractivity contribution in [2.45, 2.75) is 74.5 Å². The van der Waals surface area contributed by atoms with Crippen molar-refractivity contribution in [3.63, 3.8) is 0 Å². The lowest BCUT2D eigenvalue weighted by Crippen LogP contribution is -2.36. The fourth-order valence-electron chi connectivity index (χ4n) is 7.81. The van der Waals surface area contributed by atoms with E-state index in [0.29, 0.717) is 0 Å². The van der Waals surface area contributed by atoms with Crippen LogP contribution in [0.15, 0.2) is 95.2 Å². The number of rotatable bonds is 18. The van der Waals surface area contributed by atoms with Gasteiger partial charge in [-0.05, 0) is 11.1 Å². The lowest BCUT2D eigenvalue weighted by atomic mass is 10.1. The van der Waals surface area contributed by atoms with Crippen molar-refractivity contribution in [1.29, 1.82) is 0 Å². The zero-order valence-electron chi connectivity index (χ0n) is 34.0. The van der Waals surface area contributed by atoms with Gasteiger partial charge in [-0.3, -0.25) is 28.0 Å². The number of H-pyrrole nitrogens is 1. The van der Waals surface area contributed by atoms with Crippen LogP contribution in [0, 0.1) is 0 Å². The lowest BCUT2D eigenvalue weighted by Gasteiger charge is -2.23. The van der Waals surface area contributed by atoms with Crippen molar-refractivity contribution >= 4 is 48.3 Å². The van der Waals surface area contributed by atoms with E-state index >= 15 is 0 Å². The summed E-state index contributed by atoms with van der Waals surface area (Å²) in [4.78, 5) is 80.2. The predicted molar refractivity (Wildman–Crippen MR) is 221 cm³/mol. The van der Waals surface area contributed by atoms with E-state index in [1.54, 1.807) is 30.3 Å². The molecule has 0 aliphatic carbocycles. The highest BCUT2D eigenvalue weighted by molar-refractivity contribution is 7.69. The molecule has 32 heteroatoms. The van der Waals surface area contributed by atoms with Crippen LogP contribution in [0.5, 0.6) is 0 Å². The van der Waals surface area contributed by atoms with Crippen molar-refractivity contribution in [3.05, 3.63) is 118 Å². The van der Waals surface area contributed by atoms with Gasteiger partial charge in [-0.15, -0.1) is 0 Å². The Bertz CT molecular complexity index is 2910. The number of imidazole rings is 1. The number of ether oxygens (including phenoxy) is 6. The number of nitrogens with two attached hydrogens (primary N) is 1. The van der Waals surface area contributed by atoms with E-state index in [2.05, 4.69) is 32.9 Å². The molecule has 14 atom stereocenters. The molecule has 2 aromatic carbocycles. The van der Waals surface area contributed by atoms with Gasteiger partial charge in [0.15, 0.2) is 36.5 Å². The Morgan fingerprint density at radius 2 is 1.09 bits per heavy atom. The van der Waals surface area contributed by atoms with Gasteiger partial charge in [0.1, 0.15) is 48.5 Å². The smallest absolute Gasteiger partial charge is 0.382 e. The monoisotopic (exact) mass is 1020 g/mol. The molecule has 4 saturated heterocycles. The summed E-state index contributed by atoms with van der Waals surface area (Å²) < 4.78 is 113. The van der Waals surface area contributed by atoms with Crippen molar-refractivity contribution < 1.29 is 88.2 Å². The number of benzene rings is 2. The van der Waals surface area contributed by atoms with Gasteiger partial charge < -0.3 is 53.7 Å². The molecule has 0 amide bonds. The predicted octanol–water partition coefficient (Wildman–Crippen LogP) is 1.94. The maximum Gasteiger partial charge on any atom is 0.490 e. The minimum Gasteiger partial charge on any atom is -0.382 e. The number of fused-ring (bicyclic) bond motifs is 3. The van der Waals surface area contributed by atoms with Gasteiger partial charge in [-0.25, -0.2) is 38.0 Å². The molecule has 0 bridgehead atoms. The van der Waals surface area contributed by atoms with Crippen molar-refractivity contribution in [2.24, 2.45) is 0 Å². The van der Waals surface area contributed by atoms with Crippen LogP contribution in [-0.2, 0) is 81.5 Å². The molecule has 4 aliphatic rings. The summed E-state index contributed by atoms with van der Waals surface area (Å²) in [6.45, 7) is -1.83. The third-order valence-electron chi connectivity index (χ3n) is 10.5. The van der Waals surface area contributed by atoms with Crippen LogP contribution in [0.2, 0.25) is 0 Å². The summed E-state index contributed by atoms with van der Waals surface area (Å²) in [5, 5.41) is 0. The molecule has 4 aliphatic heterocycles. The number of nitrogens with one attached hydrogen (secondary N) is 1. The van der Waals surface area contributed by atoms with E-state index in [9.17, 15) is 47.4 Å². The van der Waals surface area contributed by atoms with Crippen LogP contribution in [0.1, 0.15) is 23.6 Å². The summed E-state index contributed by atoms with van der Waals surface area (Å²) in [6, 6.07) is 19.2. The molecule has 6 unspecified atom stereocenters. The zero-order valence-corrected chi connectivity index (χ0v) is 37.6. The van der Waals surface area contributed by atoms with Gasteiger partial charge in [0, 0.05) is 25.1 Å². The summed E-state index contributed by atoms with van der Waals surface area (Å²) in [6.07, 6.45) is -6.57. The summed E-state index contributed by atoms with van der Waals surface area (Å²) in [7, 11) is -23.9. The molecule has 7 heterocycles. The number of nitrogens with zero attached hydrogens (tertiary/aromatic N) is 5. The summed E-state index contributed by atoms with van der Waals surface area (Å²) >= 11 is 0. The first-order chi connectivity index (χ1) is 31.8. The van der Waals surface area contributed by atoms with E-state index < -0.39 is 117 Å². The van der Waals surface area contributed by atoms with E-state index in [0.717, 1.165) is 28.0 Å². The minimum atomic E-state index is -6.20. The zero-order chi connectivity index (χ0) is 47.3. The van der Waals surface area contributed by atoms with Gasteiger partial charge in [-0.2, -0.15) is 12.9 Å². The Labute approximate surface area is 375 Å². The van der Waals surface area contributed by atoms with Crippen LogP contribution >= 0.6 is 31.3 Å². The maximum atomic E-state index is 13.0. The minimum absolute atomic E-state index is 0.0718. The Morgan fingerprint density at radius 3 is 1.60 bits per heavy atom. The number of phosphoric acid groups is 4. The largest absolute Gasteiger partial charge is 0.490 e. The number of hydrogen-bond acceptors (Lipinski definition) is 21. The Hall–Kier alpha value is -4.21. The third-order valence-corrected chi connectivity index (χ3v) is 16.4. The van der Waals surface area contributed by atoms with E-state index in [-0.39, 0.29) is 29.8 Å². The molecule has 7 N–H and O–H groups in total. The number of anilines is 1. The number of hydrogen-bond donors (Lipinski definition) is 6. The molecule has 9 rings (SSSR count). The fraction of sp³-hybridized carbons (Fsp3) is 0.400. The van der Waals surface area contributed by atoms with E-state index in [1.807, 2.05) is 30.3 Å². The average Bonchev–Trinajstić information content (AvgIpc) is 4.07. The maximum absolute atomic E-state index is 13.0. The van der Waals surface area contributed by atoms with Crippen LogP contribution in [-0.4, -0.2) is 111 Å². The van der Waals surface area contributed by atoms with Gasteiger partial charge in [0.25, 0.3) is 5.56 Å². The molecular weight excluding hydrogens is 978 g/mol. The normalized spacial score (nSPS) is 30.6. The van der Waals surface area contributed by atoms with Crippen LogP contribution in [0.25, 0.3) is 11.2 Å². The molecule has 360 valence electrons. The van der Waals surface area contributed by atoms with Gasteiger partial charge in [0.2, 0.25) is 0 Å². The topological polar surface area (TPSA) is 375 Å². The highest BCUT2D eigenvalue weighted by Crippen LogP contribution is 2.71. The molecule has 28 nitrogen and oxygen atoms in total. The number of aromatic nitrogens is 6. The SMILES string of the molecule is Nc1ncnc2c1ncn2[C@@H]1O[C@H](COP(=O)(O)OP(=O)(O)OP(=O)(O)OP(=O)(O)OC[C@H]2O[C@@H](n3ccc(=O)[nH]c3=O)[C@@H]3OC(Cc4ccccc4)O[C@@H]32)[C@H]2OC(Cc3ccccc3)O[C@H]21. The van der Waals surface area contributed by atoms with Gasteiger partial charge in [-0.1, -0.05) is 60.7 Å². The Balaban J connectivity index is 0.823. The summed E-state index contributed by atoms with van der Waals surface area (Å²) in [5.41, 5.74) is 6.50. The van der Waals surface area contributed by atoms with E-state index in [4.69, 9.17) is 43.2 Å². The summed E-state index contributed by atoms with van der Waals surface area (Å²) in [5.74, 6) is 0.0718. The first-order valence-corrected chi connectivity index (χ1v) is 25.8. The standard InChI is InChI=1S/C35H39N7O21P4/c36-31-26-32(38-17-37-31)42(18-39-26)34-30-28(58-25(60-30)14-20-9-5-2-6-10-20)22(56-34)16-54-65(47,48)62-67(51,52)63-66(49,50)61-64(45,46)53-15-21-27-29(33(55-21)41-12-11-23(43)40-35(41)44)59-24(57-27)13-19-7-3-1-4-8-19/h1-12,17-18,21-22,24-25,27-30,33-34H,13-16H2,(H,45,46)(H,47,48)(H,49,50)(H,51,52)(H2,36,37,38)(H,40,43,44)/t21-,22-,24?,25?,27-,28-,29-,30-,33-,34-/m1/s1. The molecule has 0 saturated carbocycles. The molecule has 0 spiro atoms. The highest BCUT2D eigenvalue weighted by Gasteiger charge is 2.56. The molecule has 67 heavy (non-hydrogen) atoms. The Kier molecular flexibility index (Phi) is 13.5. The van der Waals surface area contributed by atoms with Gasteiger partial charge in [0.05, 0.1) is 19.5 Å². The molecular formula is C35H39N7O21P4. The molecule has 5 aromatic rings. The van der Waals surface area contributed by atoms with Crippen LogP contribution in [0.4, 0.5) is 5.82 Å². The van der Waals surface area contributed by atoms with Crippen LogP contribution < -0.4 is 17.0 Å².